The summed E-state index contributed by atoms with van der Waals surface area (Å²) >= 11 is 0. The summed E-state index contributed by atoms with van der Waals surface area (Å²) in [6.07, 6.45) is 0. The fourth-order valence-electron chi connectivity index (χ4n) is 0.0904. The molecule has 0 saturated carbocycles. The van der Waals surface area contributed by atoms with E-state index < -0.39 is 16.5 Å². The topological polar surface area (TPSA) is 72.8 Å². The summed E-state index contributed by atoms with van der Waals surface area (Å²) in [7, 11) is -4.10. The lowest BCUT2D eigenvalue weighted by atomic mass is 11.8. The van der Waals surface area contributed by atoms with E-state index in [-0.39, 0.29) is 0 Å². The zero-order valence-corrected chi connectivity index (χ0v) is 5.76. The van der Waals surface area contributed by atoms with Crippen LogP contribution < -0.4 is 0 Å². The molecule has 0 heterocycles. The quantitative estimate of drug-likeness (QED) is 0.619. The SMILES string of the molecule is CO[P+](=O)O[P+](=O)O. The summed E-state index contributed by atoms with van der Waals surface area (Å²) < 4.78 is 27.4. The Labute approximate surface area is 47.5 Å². The molecule has 5 nitrogen and oxygen atoms in total. The molecular weight excluding hydrogens is 154 g/mol. The highest BCUT2D eigenvalue weighted by atomic mass is 31.2. The molecule has 7 heteroatoms. The van der Waals surface area contributed by atoms with E-state index in [2.05, 4.69) is 8.83 Å². The molecule has 0 aromatic carbocycles. The van der Waals surface area contributed by atoms with Crippen molar-refractivity contribution >= 4 is 16.5 Å². The first-order valence-electron chi connectivity index (χ1n) is 1.52. The van der Waals surface area contributed by atoms with Gasteiger partial charge in [0.2, 0.25) is 0 Å². The molecule has 0 radical (unpaired) electrons. The fourth-order valence-corrected chi connectivity index (χ4v) is 0.813. The fraction of sp³-hybridized carbons (Fsp3) is 1.00. The lowest BCUT2D eigenvalue weighted by Crippen LogP contribution is -1.66. The van der Waals surface area contributed by atoms with Gasteiger partial charge < -0.3 is 0 Å². The van der Waals surface area contributed by atoms with Crippen LogP contribution in [0, 0.1) is 0 Å². The summed E-state index contributed by atoms with van der Waals surface area (Å²) in [6, 6.07) is 0. The molecule has 0 bridgehead atoms. The zero-order chi connectivity index (χ0) is 6.57. The van der Waals surface area contributed by atoms with Gasteiger partial charge in [0, 0.05) is 9.13 Å². The molecule has 0 fully saturated rings. The predicted molar refractivity (Wildman–Crippen MR) is 25.5 cm³/mol. The van der Waals surface area contributed by atoms with Crippen molar-refractivity contribution < 1.29 is 22.9 Å². The third-order valence-electron chi connectivity index (χ3n) is 0.286. The maximum atomic E-state index is 9.98. The molecule has 0 aliphatic rings. The summed E-state index contributed by atoms with van der Waals surface area (Å²) in [5, 5.41) is 0. The Morgan fingerprint density at radius 1 is 1.50 bits per heavy atom. The van der Waals surface area contributed by atoms with Crippen LogP contribution in [0.4, 0.5) is 0 Å². The van der Waals surface area contributed by atoms with Crippen molar-refractivity contribution in [3.63, 3.8) is 0 Å². The summed E-state index contributed by atoms with van der Waals surface area (Å²) in [4.78, 5) is 7.88. The molecule has 0 rings (SSSR count). The Morgan fingerprint density at radius 3 is 2.12 bits per heavy atom. The van der Waals surface area contributed by atoms with E-state index in [1.807, 2.05) is 0 Å². The third-order valence-corrected chi connectivity index (χ3v) is 1.68. The van der Waals surface area contributed by atoms with Gasteiger partial charge in [-0.3, -0.25) is 0 Å². The monoisotopic (exact) mass is 158 g/mol. The van der Waals surface area contributed by atoms with E-state index in [4.69, 9.17) is 4.89 Å². The molecule has 0 aromatic rings. The van der Waals surface area contributed by atoms with E-state index in [0.29, 0.717) is 0 Å². The molecule has 2 unspecified atom stereocenters. The van der Waals surface area contributed by atoms with Crippen molar-refractivity contribution in [2.75, 3.05) is 7.11 Å². The number of rotatable bonds is 3. The van der Waals surface area contributed by atoms with Crippen molar-refractivity contribution in [3.05, 3.63) is 0 Å². The first kappa shape index (κ1) is 8.08. The summed E-state index contributed by atoms with van der Waals surface area (Å²) in [5.74, 6) is 0. The average Bonchev–Trinajstić information content (AvgIpc) is 1.65. The largest absolute Gasteiger partial charge is 0.747 e. The molecular formula is CH4O5P2+2. The van der Waals surface area contributed by atoms with Gasteiger partial charge in [-0.05, 0) is 0 Å². The van der Waals surface area contributed by atoms with Crippen molar-refractivity contribution in [1.29, 1.82) is 0 Å². The summed E-state index contributed by atoms with van der Waals surface area (Å²) in [6.45, 7) is 0. The molecule has 0 aromatic heterocycles. The third kappa shape index (κ3) is 4.24. The van der Waals surface area contributed by atoms with Gasteiger partial charge in [0.25, 0.3) is 0 Å². The van der Waals surface area contributed by atoms with Gasteiger partial charge in [-0.15, -0.1) is 9.42 Å². The van der Waals surface area contributed by atoms with Crippen LogP contribution >= 0.6 is 16.5 Å². The second-order valence-corrected chi connectivity index (χ2v) is 2.67. The Hall–Kier alpha value is 0.0800. The van der Waals surface area contributed by atoms with E-state index >= 15 is 0 Å². The van der Waals surface area contributed by atoms with Crippen LogP contribution in [0.25, 0.3) is 0 Å². The Morgan fingerprint density at radius 2 is 2.00 bits per heavy atom. The first-order valence-corrected chi connectivity index (χ1v) is 3.75. The van der Waals surface area contributed by atoms with E-state index in [1.54, 1.807) is 0 Å². The second kappa shape index (κ2) is 4.01. The predicted octanol–water partition coefficient (Wildman–Crippen LogP) is 0.956. The normalized spacial score (nSPS) is 13.2. The lowest BCUT2D eigenvalue weighted by Gasteiger charge is -1.61. The minimum atomic E-state index is -2.80. The Bertz CT molecular complexity index is 109. The van der Waals surface area contributed by atoms with Crippen LogP contribution in [0.2, 0.25) is 0 Å². The van der Waals surface area contributed by atoms with Crippen LogP contribution in [0.5, 0.6) is 0 Å². The van der Waals surface area contributed by atoms with E-state index in [0.717, 1.165) is 7.11 Å². The van der Waals surface area contributed by atoms with Crippen LogP contribution in [0.15, 0.2) is 0 Å². The van der Waals surface area contributed by atoms with Gasteiger partial charge in [0.05, 0.1) is 7.11 Å². The molecule has 0 spiro atoms. The van der Waals surface area contributed by atoms with Gasteiger partial charge in [-0.2, -0.15) is 0 Å². The minimum Gasteiger partial charge on any atom is -0.131 e. The minimum absolute atomic E-state index is 1.11. The van der Waals surface area contributed by atoms with Crippen molar-refractivity contribution in [2.24, 2.45) is 0 Å². The number of hydrogen-bond acceptors (Lipinski definition) is 4. The van der Waals surface area contributed by atoms with Gasteiger partial charge >= 0.3 is 16.5 Å². The van der Waals surface area contributed by atoms with Crippen LogP contribution in [0.1, 0.15) is 0 Å². The molecule has 1 N–H and O–H groups in total. The van der Waals surface area contributed by atoms with Gasteiger partial charge in [0.1, 0.15) is 0 Å². The highest BCUT2D eigenvalue weighted by Gasteiger charge is 2.34. The Balaban J connectivity index is 3.40. The van der Waals surface area contributed by atoms with Crippen molar-refractivity contribution in [1.82, 2.24) is 0 Å². The average molecular weight is 158 g/mol. The molecule has 2 atom stereocenters. The van der Waals surface area contributed by atoms with Gasteiger partial charge in [-0.1, -0.05) is 0 Å². The molecule has 0 aliphatic heterocycles. The second-order valence-electron chi connectivity index (χ2n) is 0.726. The molecule has 0 amide bonds. The van der Waals surface area contributed by atoms with Gasteiger partial charge in [-0.25, -0.2) is 0 Å². The molecule has 8 heavy (non-hydrogen) atoms. The van der Waals surface area contributed by atoms with Crippen LogP contribution in [-0.4, -0.2) is 12.0 Å². The number of hydrogen-bond donors (Lipinski definition) is 1. The maximum Gasteiger partial charge on any atom is 0.747 e. The first-order chi connectivity index (χ1) is 3.66. The standard InChI is InChI=1S/CH3O5P2/c1-5-8(4)6-7(2)3/h1H3/q+1/p+1. The smallest absolute Gasteiger partial charge is 0.131 e. The highest BCUT2D eigenvalue weighted by molar-refractivity contribution is 7.47. The molecule has 0 aliphatic carbocycles. The maximum absolute atomic E-state index is 9.98. The van der Waals surface area contributed by atoms with Crippen molar-refractivity contribution in [3.8, 4) is 0 Å². The molecule has 46 valence electrons. The van der Waals surface area contributed by atoms with Crippen molar-refractivity contribution in [2.45, 2.75) is 0 Å². The van der Waals surface area contributed by atoms with E-state index in [9.17, 15) is 9.13 Å². The zero-order valence-electron chi connectivity index (χ0n) is 3.97. The van der Waals surface area contributed by atoms with Gasteiger partial charge in [0.15, 0.2) is 4.31 Å². The lowest BCUT2D eigenvalue weighted by molar-refractivity contribution is 0.332. The Kier molecular flexibility index (Phi) is 4.05. The highest BCUT2D eigenvalue weighted by Crippen LogP contribution is 2.34. The van der Waals surface area contributed by atoms with Crippen LogP contribution in [-0.2, 0) is 18.0 Å². The van der Waals surface area contributed by atoms with E-state index in [1.165, 1.54) is 0 Å². The van der Waals surface area contributed by atoms with Crippen LogP contribution in [0.3, 0.4) is 0 Å². The summed E-state index contributed by atoms with van der Waals surface area (Å²) in [5.41, 5.74) is 0. The molecule has 0 saturated heterocycles.